The third-order valence-corrected chi connectivity index (χ3v) is 4.97. The number of benzene rings is 1. The summed E-state index contributed by atoms with van der Waals surface area (Å²) in [5.74, 6) is -0.937. The van der Waals surface area contributed by atoms with Gasteiger partial charge in [-0.15, -0.1) is 0 Å². The quantitative estimate of drug-likeness (QED) is 0.197. The Morgan fingerprint density at radius 3 is 2.00 bits per heavy atom. The van der Waals surface area contributed by atoms with E-state index in [1.54, 1.807) is 20.8 Å². The number of ether oxygens (including phenoxy) is 7. The van der Waals surface area contributed by atoms with Crippen LogP contribution < -0.4 is 15.2 Å². The minimum Gasteiger partial charge on any atom is -0.461 e. The smallest absolute Gasteiger partial charge is 0.461 e. The van der Waals surface area contributed by atoms with Crippen molar-refractivity contribution in [1.29, 1.82) is 0 Å². The van der Waals surface area contributed by atoms with E-state index in [-0.39, 0.29) is 37.7 Å². The lowest BCUT2D eigenvalue weighted by Gasteiger charge is -2.24. The van der Waals surface area contributed by atoms with Crippen LogP contribution in [0.1, 0.15) is 66.4 Å². The molecule has 1 rings (SSSR count). The topological polar surface area (TPSA) is 159 Å². The van der Waals surface area contributed by atoms with Gasteiger partial charge in [0.05, 0.1) is 13.2 Å². The van der Waals surface area contributed by atoms with Crippen LogP contribution >= 0.6 is 0 Å². The standard InChI is InChI=1S/C26H39NO11/c1-7-12-32-23(29)36-20-11-10-18(15-21(20)37-24(30)33-13-8-2)14-19(27)22(28)34-16-17(4)35-25(31)38-26(5,6)9-3/h10-11,15,17,19H,7-9,12-14,16,27H2,1-6H3/t17-,19-/m0/s1. The van der Waals surface area contributed by atoms with Gasteiger partial charge in [-0.05, 0) is 64.2 Å². The van der Waals surface area contributed by atoms with Gasteiger partial charge < -0.3 is 38.9 Å². The van der Waals surface area contributed by atoms with Crippen LogP contribution in [-0.4, -0.2) is 62.0 Å². The lowest BCUT2D eigenvalue weighted by Crippen LogP contribution is -2.36. The maximum atomic E-state index is 12.4. The number of carbonyl (C=O) groups excluding carboxylic acids is 4. The first-order valence-electron chi connectivity index (χ1n) is 12.5. The average molecular weight is 542 g/mol. The maximum absolute atomic E-state index is 12.4. The molecule has 0 radical (unpaired) electrons. The monoisotopic (exact) mass is 541 g/mol. The Bertz CT molecular complexity index is 932. The van der Waals surface area contributed by atoms with Crippen LogP contribution in [0.2, 0.25) is 0 Å². The normalized spacial score (nSPS) is 12.5. The van der Waals surface area contributed by atoms with Crippen LogP contribution in [0.5, 0.6) is 11.5 Å². The van der Waals surface area contributed by atoms with E-state index in [0.29, 0.717) is 24.8 Å². The van der Waals surface area contributed by atoms with E-state index in [9.17, 15) is 19.2 Å². The Morgan fingerprint density at radius 1 is 0.868 bits per heavy atom. The zero-order valence-electron chi connectivity index (χ0n) is 22.9. The van der Waals surface area contributed by atoms with Crippen molar-refractivity contribution < 1.29 is 52.3 Å². The van der Waals surface area contributed by atoms with Crippen molar-refractivity contribution >= 4 is 24.4 Å². The molecule has 12 heteroatoms. The van der Waals surface area contributed by atoms with Crippen LogP contribution in [0, 0.1) is 0 Å². The van der Waals surface area contributed by atoms with Crippen molar-refractivity contribution in [3.63, 3.8) is 0 Å². The molecule has 0 amide bonds. The molecule has 0 saturated heterocycles. The van der Waals surface area contributed by atoms with Gasteiger partial charge in [-0.25, -0.2) is 14.4 Å². The summed E-state index contributed by atoms with van der Waals surface area (Å²) in [5, 5.41) is 0. The van der Waals surface area contributed by atoms with Crippen molar-refractivity contribution in [3.8, 4) is 11.5 Å². The first-order valence-corrected chi connectivity index (χ1v) is 12.5. The number of nitrogens with two attached hydrogens (primary N) is 1. The number of hydrogen-bond donors (Lipinski definition) is 1. The van der Waals surface area contributed by atoms with Gasteiger partial charge in [-0.2, -0.15) is 0 Å². The maximum Gasteiger partial charge on any atom is 0.513 e. The number of hydrogen-bond acceptors (Lipinski definition) is 12. The predicted molar refractivity (Wildman–Crippen MR) is 135 cm³/mol. The lowest BCUT2D eigenvalue weighted by atomic mass is 10.1. The highest BCUT2D eigenvalue weighted by Crippen LogP contribution is 2.30. The third kappa shape index (κ3) is 12.6. The zero-order chi connectivity index (χ0) is 28.7. The Balaban J connectivity index is 2.79. The molecule has 2 N–H and O–H groups in total. The molecule has 0 bridgehead atoms. The van der Waals surface area contributed by atoms with Crippen molar-refractivity contribution in [2.24, 2.45) is 5.73 Å². The first kappa shape index (κ1) is 32.5. The summed E-state index contributed by atoms with van der Waals surface area (Å²) in [5.41, 5.74) is 5.79. The van der Waals surface area contributed by atoms with Gasteiger partial charge >= 0.3 is 24.4 Å². The third-order valence-electron chi connectivity index (χ3n) is 4.97. The zero-order valence-corrected chi connectivity index (χ0v) is 22.9. The molecule has 0 aliphatic carbocycles. The van der Waals surface area contributed by atoms with E-state index in [0.717, 1.165) is 0 Å². The van der Waals surface area contributed by atoms with Crippen molar-refractivity contribution in [3.05, 3.63) is 23.8 Å². The summed E-state index contributed by atoms with van der Waals surface area (Å²) < 4.78 is 35.6. The molecule has 12 nitrogen and oxygen atoms in total. The fourth-order valence-electron chi connectivity index (χ4n) is 2.62. The van der Waals surface area contributed by atoms with E-state index in [1.165, 1.54) is 18.2 Å². The first-order chi connectivity index (χ1) is 17.9. The van der Waals surface area contributed by atoms with E-state index in [4.69, 9.17) is 38.9 Å². The second-order valence-electron chi connectivity index (χ2n) is 9.02. The Hall–Kier alpha value is -3.54. The molecule has 0 heterocycles. The molecule has 0 aliphatic rings. The minimum absolute atomic E-state index is 0.00172. The van der Waals surface area contributed by atoms with Crippen molar-refractivity contribution in [2.75, 3.05) is 19.8 Å². The largest absolute Gasteiger partial charge is 0.513 e. The molecule has 0 unspecified atom stereocenters. The second kappa shape index (κ2) is 16.3. The number of carbonyl (C=O) groups is 4. The molecule has 1 aromatic rings. The van der Waals surface area contributed by atoms with E-state index in [2.05, 4.69) is 0 Å². The molecular formula is C26H39NO11. The van der Waals surface area contributed by atoms with Gasteiger partial charge in [0.15, 0.2) is 11.5 Å². The van der Waals surface area contributed by atoms with Crippen LogP contribution in [-0.2, 0) is 34.9 Å². The van der Waals surface area contributed by atoms with E-state index < -0.39 is 42.2 Å². The van der Waals surface area contributed by atoms with Gasteiger partial charge in [-0.3, -0.25) is 4.79 Å². The highest BCUT2D eigenvalue weighted by atomic mass is 16.8. The summed E-state index contributed by atoms with van der Waals surface area (Å²) in [7, 11) is 0. The van der Waals surface area contributed by atoms with Crippen LogP contribution in [0.15, 0.2) is 18.2 Å². The predicted octanol–water partition coefficient (Wildman–Crippen LogP) is 4.68. The van der Waals surface area contributed by atoms with Gasteiger partial charge in [-0.1, -0.05) is 26.8 Å². The lowest BCUT2D eigenvalue weighted by molar-refractivity contribution is -0.148. The van der Waals surface area contributed by atoms with Crippen LogP contribution in [0.25, 0.3) is 0 Å². The molecule has 0 aromatic heterocycles. The summed E-state index contributed by atoms with van der Waals surface area (Å²) in [4.78, 5) is 48.1. The SMILES string of the molecule is CCCOC(=O)Oc1ccc(C[C@H](N)C(=O)OC[C@H](C)OC(=O)OC(C)(C)CC)cc1OC(=O)OCCC. The fraction of sp³-hybridized carbons (Fsp3) is 0.615. The summed E-state index contributed by atoms with van der Waals surface area (Å²) in [6, 6.07) is 3.22. The van der Waals surface area contributed by atoms with Gasteiger partial charge in [0.1, 0.15) is 24.4 Å². The van der Waals surface area contributed by atoms with Gasteiger partial charge in [0.2, 0.25) is 0 Å². The Kier molecular flexibility index (Phi) is 14.0. The number of esters is 1. The molecule has 0 spiro atoms. The van der Waals surface area contributed by atoms with Crippen LogP contribution in [0.4, 0.5) is 14.4 Å². The molecule has 0 saturated carbocycles. The van der Waals surface area contributed by atoms with Crippen molar-refractivity contribution in [2.45, 2.75) is 85.0 Å². The Labute approximate surface area is 223 Å². The summed E-state index contributed by atoms with van der Waals surface area (Å²) in [6.45, 7) is 10.6. The molecular weight excluding hydrogens is 502 g/mol. The summed E-state index contributed by atoms with van der Waals surface area (Å²) in [6.07, 6.45) is -1.80. The summed E-state index contributed by atoms with van der Waals surface area (Å²) >= 11 is 0. The molecule has 0 fully saturated rings. The van der Waals surface area contributed by atoms with Crippen molar-refractivity contribution in [1.82, 2.24) is 0 Å². The molecule has 0 aliphatic heterocycles. The minimum atomic E-state index is -1.09. The van der Waals surface area contributed by atoms with Gasteiger partial charge in [0, 0.05) is 0 Å². The highest BCUT2D eigenvalue weighted by molar-refractivity contribution is 5.76. The van der Waals surface area contributed by atoms with E-state index >= 15 is 0 Å². The van der Waals surface area contributed by atoms with Gasteiger partial charge in [0.25, 0.3) is 0 Å². The fourth-order valence-corrected chi connectivity index (χ4v) is 2.62. The highest BCUT2D eigenvalue weighted by Gasteiger charge is 2.24. The Morgan fingerprint density at radius 2 is 1.45 bits per heavy atom. The average Bonchev–Trinajstić information content (AvgIpc) is 2.85. The number of rotatable bonds is 14. The molecule has 2 atom stereocenters. The second-order valence-corrected chi connectivity index (χ2v) is 9.02. The molecule has 38 heavy (non-hydrogen) atoms. The molecule has 1 aromatic carbocycles. The van der Waals surface area contributed by atoms with Crippen LogP contribution in [0.3, 0.4) is 0 Å². The van der Waals surface area contributed by atoms with E-state index in [1.807, 2.05) is 20.8 Å². The molecule has 214 valence electrons.